The van der Waals surface area contributed by atoms with Crippen LogP contribution in [-0.4, -0.2) is 41.9 Å². The van der Waals surface area contributed by atoms with E-state index in [2.05, 4.69) is 4.98 Å². The van der Waals surface area contributed by atoms with Gasteiger partial charge < -0.3 is 9.80 Å². The molecule has 0 saturated carbocycles. The van der Waals surface area contributed by atoms with Gasteiger partial charge in [-0.05, 0) is 36.8 Å². The van der Waals surface area contributed by atoms with Crippen LogP contribution >= 0.6 is 23.1 Å². The standard InChI is InChI=1S/C21H22N4O3S2/c1-14-13-29-21(22-14)30-19-10-7-16(11-18(19)25(27)28)20(26)24(4)12-15-5-8-17(9-6-15)23(2)3/h5-11,13H,12H2,1-4H3. The van der Waals surface area contributed by atoms with E-state index in [0.29, 0.717) is 11.4 Å². The van der Waals surface area contributed by atoms with Crippen molar-refractivity contribution in [1.29, 1.82) is 0 Å². The molecule has 0 atom stereocenters. The van der Waals surface area contributed by atoms with E-state index in [0.717, 1.165) is 21.3 Å². The van der Waals surface area contributed by atoms with Crippen LogP contribution in [0.15, 0.2) is 57.1 Å². The number of amides is 1. The zero-order valence-corrected chi connectivity index (χ0v) is 18.8. The monoisotopic (exact) mass is 442 g/mol. The topological polar surface area (TPSA) is 79.6 Å². The molecule has 0 bridgehead atoms. The lowest BCUT2D eigenvalue weighted by Gasteiger charge is -2.18. The van der Waals surface area contributed by atoms with Gasteiger partial charge in [-0.15, -0.1) is 11.3 Å². The molecule has 0 fully saturated rings. The zero-order valence-electron chi connectivity index (χ0n) is 17.2. The number of thiazole rings is 1. The Balaban J connectivity index is 1.77. The van der Waals surface area contributed by atoms with E-state index < -0.39 is 4.92 Å². The summed E-state index contributed by atoms with van der Waals surface area (Å²) in [5.74, 6) is -0.267. The number of anilines is 1. The maximum atomic E-state index is 12.8. The summed E-state index contributed by atoms with van der Waals surface area (Å²) in [6.07, 6.45) is 0. The molecule has 1 heterocycles. The number of carbonyl (C=O) groups excluding carboxylic acids is 1. The molecule has 0 aliphatic rings. The second kappa shape index (κ2) is 9.27. The lowest BCUT2D eigenvalue weighted by molar-refractivity contribution is -0.387. The lowest BCUT2D eigenvalue weighted by atomic mass is 10.1. The Morgan fingerprint density at radius 3 is 2.43 bits per heavy atom. The second-order valence-corrected chi connectivity index (χ2v) is 9.17. The first kappa shape index (κ1) is 21.8. The molecule has 0 radical (unpaired) electrons. The van der Waals surface area contributed by atoms with E-state index in [1.54, 1.807) is 24.1 Å². The highest BCUT2D eigenvalue weighted by atomic mass is 32.2. The van der Waals surface area contributed by atoms with Crippen LogP contribution in [-0.2, 0) is 6.54 Å². The molecule has 0 saturated heterocycles. The van der Waals surface area contributed by atoms with Crippen molar-refractivity contribution in [3.63, 3.8) is 0 Å². The molecule has 0 spiro atoms. The Morgan fingerprint density at radius 2 is 1.87 bits per heavy atom. The third kappa shape index (κ3) is 5.17. The first-order valence-corrected chi connectivity index (χ1v) is 10.8. The Hall–Kier alpha value is -2.91. The number of hydrogen-bond acceptors (Lipinski definition) is 7. The van der Waals surface area contributed by atoms with Crippen molar-refractivity contribution in [3.8, 4) is 0 Å². The number of hydrogen-bond donors (Lipinski definition) is 0. The Bertz CT molecular complexity index is 1060. The van der Waals surface area contributed by atoms with Gasteiger partial charge in [-0.3, -0.25) is 14.9 Å². The fourth-order valence-electron chi connectivity index (χ4n) is 2.82. The highest BCUT2D eigenvalue weighted by molar-refractivity contribution is 8.01. The highest BCUT2D eigenvalue weighted by Gasteiger charge is 2.21. The zero-order chi connectivity index (χ0) is 21.8. The van der Waals surface area contributed by atoms with Crippen molar-refractivity contribution in [3.05, 3.63) is 74.8 Å². The fourth-order valence-corrected chi connectivity index (χ4v) is 4.70. The third-order valence-electron chi connectivity index (χ3n) is 4.42. The van der Waals surface area contributed by atoms with Gasteiger partial charge in [-0.1, -0.05) is 23.9 Å². The van der Waals surface area contributed by atoms with Gasteiger partial charge in [0.25, 0.3) is 11.6 Å². The number of nitro benzene ring substituents is 1. The van der Waals surface area contributed by atoms with Crippen LogP contribution in [0.1, 0.15) is 21.6 Å². The predicted octanol–water partition coefficient (Wildman–Crippen LogP) is 4.85. The molecular formula is C21H22N4O3S2. The van der Waals surface area contributed by atoms with E-state index in [9.17, 15) is 14.9 Å². The first-order chi connectivity index (χ1) is 14.2. The molecule has 3 aromatic rings. The van der Waals surface area contributed by atoms with E-state index >= 15 is 0 Å². The molecule has 0 N–H and O–H groups in total. The van der Waals surface area contributed by atoms with Crippen LogP contribution in [0.2, 0.25) is 0 Å². The molecule has 7 nitrogen and oxygen atoms in total. The lowest BCUT2D eigenvalue weighted by Crippen LogP contribution is -2.26. The average molecular weight is 443 g/mol. The van der Waals surface area contributed by atoms with Crippen LogP contribution in [0, 0.1) is 17.0 Å². The molecule has 9 heteroatoms. The van der Waals surface area contributed by atoms with Crippen molar-refractivity contribution in [2.45, 2.75) is 22.7 Å². The number of benzene rings is 2. The summed E-state index contributed by atoms with van der Waals surface area (Å²) < 4.78 is 0.730. The number of carbonyl (C=O) groups is 1. The smallest absolute Gasteiger partial charge is 0.284 e. The second-order valence-electron chi connectivity index (χ2n) is 7.02. The molecule has 0 unspecified atom stereocenters. The van der Waals surface area contributed by atoms with Gasteiger partial charge >= 0.3 is 0 Å². The molecule has 0 aliphatic carbocycles. The van der Waals surface area contributed by atoms with E-state index in [1.807, 2.05) is 55.6 Å². The van der Waals surface area contributed by atoms with Gasteiger partial charge in [0.1, 0.15) is 0 Å². The molecule has 30 heavy (non-hydrogen) atoms. The summed E-state index contributed by atoms with van der Waals surface area (Å²) in [6.45, 7) is 2.29. The van der Waals surface area contributed by atoms with Crippen molar-refractivity contribution >= 4 is 40.4 Å². The van der Waals surface area contributed by atoms with Crippen LogP contribution < -0.4 is 4.90 Å². The molecular weight excluding hydrogens is 420 g/mol. The minimum Gasteiger partial charge on any atom is -0.378 e. The molecule has 2 aromatic carbocycles. The van der Waals surface area contributed by atoms with Crippen molar-refractivity contribution in [1.82, 2.24) is 9.88 Å². The molecule has 1 amide bonds. The summed E-state index contributed by atoms with van der Waals surface area (Å²) in [7, 11) is 5.62. The summed E-state index contributed by atoms with van der Waals surface area (Å²) in [6, 6.07) is 12.5. The normalized spacial score (nSPS) is 10.7. The minimum atomic E-state index is -0.459. The number of aryl methyl sites for hydroxylation is 1. The van der Waals surface area contributed by atoms with Gasteiger partial charge in [0.05, 0.1) is 9.82 Å². The maximum Gasteiger partial charge on any atom is 0.284 e. The summed E-state index contributed by atoms with van der Waals surface area (Å²) in [5.41, 5.74) is 3.12. The first-order valence-electron chi connectivity index (χ1n) is 9.14. The van der Waals surface area contributed by atoms with E-state index in [-0.39, 0.29) is 17.2 Å². The number of aromatic nitrogens is 1. The van der Waals surface area contributed by atoms with Gasteiger partial charge in [0.2, 0.25) is 0 Å². The Kier molecular flexibility index (Phi) is 6.73. The van der Waals surface area contributed by atoms with Crippen LogP contribution in [0.5, 0.6) is 0 Å². The molecule has 0 aliphatic heterocycles. The Labute approximate surface area is 183 Å². The fraction of sp³-hybridized carbons (Fsp3) is 0.238. The van der Waals surface area contributed by atoms with E-state index in [4.69, 9.17) is 0 Å². The van der Waals surface area contributed by atoms with Crippen LogP contribution in [0.3, 0.4) is 0 Å². The van der Waals surface area contributed by atoms with Gasteiger partial charge in [-0.2, -0.15) is 0 Å². The van der Waals surface area contributed by atoms with Gasteiger partial charge in [0.15, 0.2) is 4.34 Å². The largest absolute Gasteiger partial charge is 0.378 e. The summed E-state index contributed by atoms with van der Waals surface area (Å²) in [5, 5.41) is 13.5. The SMILES string of the molecule is Cc1csc(Sc2ccc(C(=O)N(C)Cc3ccc(N(C)C)cc3)cc2[N+](=O)[O-])n1. The molecule has 3 rings (SSSR count). The summed E-state index contributed by atoms with van der Waals surface area (Å²) in [4.78, 5) is 32.3. The van der Waals surface area contributed by atoms with Gasteiger partial charge in [-0.25, -0.2) is 4.98 Å². The number of rotatable bonds is 7. The van der Waals surface area contributed by atoms with Crippen molar-refractivity contribution in [2.75, 3.05) is 26.0 Å². The molecule has 1 aromatic heterocycles. The third-order valence-corrected chi connectivity index (χ3v) is 6.54. The highest BCUT2D eigenvalue weighted by Crippen LogP contribution is 2.37. The number of nitro groups is 1. The number of nitrogens with zero attached hydrogens (tertiary/aromatic N) is 4. The summed E-state index contributed by atoms with van der Waals surface area (Å²) >= 11 is 2.67. The van der Waals surface area contributed by atoms with Crippen molar-refractivity contribution < 1.29 is 9.72 Å². The van der Waals surface area contributed by atoms with Crippen molar-refractivity contribution in [2.24, 2.45) is 0 Å². The molecule has 156 valence electrons. The minimum absolute atomic E-state index is 0.0950. The maximum absolute atomic E-state index is 12.8. The van der Waals surface area contributed by atoms with Crippen LogP contribution in [0.4, 0.5) is 11.4 Å². The average Bonchev–Trinajstić information content (AvgIpc) is 3.12. The van der Waals surface area contributed by atoms with E-state index in [1.165, 1.54) is 29.2 Å². The van der Waals surface area contributed by atoms with Gasteiger partial charge in [0, 0.05) is 56.1 Å². The van der Waals surface area contributed by atoms with Crippen LogP contribution in [0.25, 0.3) is 0 Å². The quantitative estimate of drug-likeness (QED) is 0.384. The predicted molar refractivity (Wildman–Crippen MR) is 121 cm³/mol. The Morgan fingerprint density at radius 1 is 1.17 bits per heavy atom.